The zero-order chi connectivity index (χ0) is 24.7. The molecule has 180 valence electrons. The van der Waals surface area contributed by atoms with Crippen molar-refractivity contribution in [3.05, 3.63) is 54.1 Å². The summed E-state index contributed by atoms with van der Waals surface area (Å²) in [5.41, 5.74) is 3.97. The van der Waals surface area contributed by atoms with E-state index in [2.05, 4.69) is 46.4 Å². The fourth-order valence-electron chi connectivity index (χ4n) is 3.48. The van der Waals surface area contributed by atoms with Crippen LogP contribution in [0.2, 0.25) is 0 Å². The molecule has 0 saturated heterocycles. The summed E-state index contributed by atoms with van der Waals surface area (Å²) in [6.45, 7) is 8.15. The molecule has 0 fully saturated rings. The molecule has 0 bridgehead atoms. The smallest absolute Gasteiger partial charge is 0.243 e. The third-order valence-corrected chi connectivity index (χ3v) is 6.56. The number of carbonyl (C=O) groups excluding carboxylic acids is 2. The van der Waals surface area contributed by atoms with E-state index in [1.807, 2.05) is 54.9 Å². The highest BCUT2D eigenvalue weighted by molar-refractivity contribution is 7.99. The van der Waals surface area contributed by atoms with Crippen LogP contribution >= 0.6 is 11.8 Å². The van der Waals surface area contributed by atoms with Crippen LogP contribution in [0.3, 0.4) is 0 Å². The third kappa shape index (κ3) is 6.38. The Kier molecular flexibility index (Phi) is 8.70. The van der Waals surface area contributed by atoms with Gasteiger partial charge in [-0.2, -0.15) is 0 Å². The number of hydrogen-bond acceptors (Lipinski definition) is 6. The van der Waals surface area contributed by atoms with Crippen molar-refractivity contribution in [1.29, 1.82) is 0 Å². The second kappa shape index (κ2) is 11.7. The molecule has 0 atom stereocenters. The minimum absolute atomic E-state index is 0.0176. The Labute approximate surface area is 205 Å². The van der Waals surface area contributed by atoms with Gasteiger partial charge in [-0.05, 0) is 57.2 Å². The van der Waals surface area contributed by atoms with Gasteiger partial charge < -0.3 is 19.7 Å². The lowest BCUT2D eigenvalue weighted by Gasteiger charge is -2.21. The van der Waals surface area contributed by atoms with Crippen LogP contribution in [0.5, 0.6) is 0 Å². The molecule has 0 unspecified atom stereocenters. The second-order valence-corrected chi connectivity index (χ2v) is 8.98. The van der Waals surface area contributed by atoms with Crippen LogP contribution in [0.25, 0.3) is 11.4 Å². The van der Waals surface area contributed by atoms with Gasteiger partial charge in [-0.15, -0.1) is 10.2 Å². The van der Waals surface area contributed by atoms with E-state index in [1.165, 1.54) is 22.3 Å². The molecular weight excluding hydrogens is 448 g/mol. The number of thioether (sulfide) groups is 1. The van der Waals surface area contributed by atoms with Gasteiger partial charge in [0.1, 0.15) is 0 Å². The van der Waals surface area contributed by atoms with Crippen LogP contribution in [0.4, 0.5) is 11.4 Å². The molecule has 3 aromatic rings. The highest BCUT2D eigenvalue weighted by atomic mass is 32.2. The minimum Gasteiger partial charge on any atom is -0.372 e. The molecule has 0 spiro atoms. The van der Waals surface area contributed by atoms with Gasteiger partial charge in [0, 0.05) is 44.1 Å². The maximum absolute atomic E-state index is 12.6. The number of likely N-dealkylation sites (N-methyl/N-ethyl adjacent to an activating group) is 1. The first-order valence-corrected chi connectivity index (χ1v) is 12.3. The van der Waals surface area contributed by atoms with Crippen LogP contribution in [-0.4, -0.2) is 63.9 Å². The quantitative estimate of drug-likeness (QED) is 0.444. The maximum atomic E-state index is 12.6. The van der Waals surface area contributed by atoms with Gasteiger partial charge in [0.25, 0.3) is 0 Å². The molecule has 9 heteroatoms. The number of aryl methyl sites for hydroxylation is 1. The summed E-state index contributed by atoms with van der Waals surface area (Å²) >= 11 is 1.31. The van der Waals surface area contributed by atoms with E-state index >= 15 is 0 Å². The lowest BCUT2D eigenvalue weighted by Crippen LogP contribution is -2.36. The van der Waals surface area contributed by atoms with Gasteiger partial charge >= 0.3 is 0 Å². The second-order valence-electron chi connectivity index (χ2n) is 8.04. The number of nitrogens with one attached hydrogen (secondary N) is 1. The number of anilines is 2. The highest BCUT2D eigenvalue weighted by Crippen LogP contribution is 2.25. The van der Waals surface area contributed by atoms with Crippen molar-refractivity contribution in [3.63, 3.8) is 0 Å². The van der Waals surface area contributed by atoms with Crippen molar-refractivity contribution in [2.45, 2.75) is 25.9 Å². The molecule has 1 N–H and O–H groups in total. The SMILES string of the molecule is CCN(CC)c1ccc(-c2nnc(SCC(=O)N(C)CC(=O)Nc3ccc(C)cc3)n2C)cc1. The van der Waals surface area contributed by atoms with Gasteiger partial charge in [0.05, 0.1) is 12.3 Å². The molecule has 34 heavy (non-hydrogen) atoms. The summed E-state index contributed by atoms with van der Waals surface area (Å²) in [5, 5.41) is 12.0. The van der Waals surface area contributed by atoms with E-state index in [1.54, 1.807) is 7.05 Å². The molecule has 1 aromatic heterocycles. The fourth-order valence-corrected chi connectivity index (χ4v) is 4.33. The first-order valence-electron chi connectivity index (χ1n) is 11.3. The van der Waals surface area contributed by atoms with Crippen molar-refractivity contribution in [2.24, 2.45) is 7.05 Å². The van der Waals surface area contributed by atoms with E-state index in [4.69, 9.17) is 0 Å². The van der Waals surface area contributed by atoms with Crippen molar-refractivity contribution in [3.8, 4) is 11.4 Å². The Morgan fingerprint density at radius 3 is 2.26 bits per heavy atom. The Morgan fingerprint density at radius 1 is 1.00 bits per heavy atom. The van der Waals surface area contributed by atoms with E-state index in [0.29, 0.717) is 10.8 Å². The number of rotatable bonds is 10. The number of benzene rings is 2. The summed E-state index contributed by atoms with van der Waals surface area (Å²) in [6, 6.07) is 15.8. The number of carbonyl (C=O) groups is 2. The average Bonchev–Trinajstić information content (AvgIpc) is 3.20. The number of aromatic nitrogens is 3. The number of hydrogen-bond donors (Lipinski definition) is 1. The van der Waals surface area contributed by atoms with E-state index in [9.17, 15) is 9.59 Å². The van der Waals surface area contributed by atoms with Gasteiger partial charge in [-0.1, -0.05) is 29.5 Å². The summed E-state index contributed by atoms with van der Waals surface area (Å²) in [7, 11) is 3.51. The Hall–Kier alpha value is -3.33. The molecule has 0 radical (unpaired) electrons. The van der Waals surface area contributed by atoms with Crippen LogP contribution in [0.1, 0.15) is 19.4 Å². The lowest BCUT2D eigenvalue weighted by molar-refractivity contribution is -0.131. The summed E-state index contributed by atoms with van der Waals surface area (Å²) in [4.78, 5) is 28.5. The maximum Gasteiger partial charge on any atom is 0.243 e. The van der Waals surface area contributed by atoms with Crippen LogP contribution in [-0.2, 0) is 16.6 Å². The zero-order valence-electron chi connectivity index (χ0n) is 20.4. The monoisotopic (exact) mass is 480 g/mol. The van der Waals surface area contributed by atoms with E-state index < -0.39 is 0 Å². The molecule has 8 nitrogen and oxygen atoms in total. The normalized spacial score (nSPS) is 10.7. The number of amides is 2. The fraction of sp³-hybridized carbons (Fsp3) is 0.360. The van der Waals surface area contributed by atoms with Gasteiger partial charge in [0.2, 0.25) is 11.8 Å². The third-order valence-electron chi connectivity index (χ3n) is 5.56. The first-order chi connectivity index (χ1) is 16.3. The zero-order valence-corrected chi connectivity index (χ0v) is 21.2. The summed E-state index contributed by atoms with van der Waals surface area (Å²) < 4.78 is 1.88. The molecule has 0 aliphatic rings. The molecule has 0 aliphatic carbocycles. The van der Waals surface area contributed by atoms with Crippen molar-refractivity contribution >= 4 is 35.0 Å². The minimum atomic E-state index is -0.237. The number of nitrogens with zero attached hydrogens (tertiary/aromatic N) is 5. The molecule has 0 aliphatic heterocycles. The Morgan fingerprint density at radius 2 is 1.65 bits per heavy atom. The van der Waals surface area contributed by atoms with Crippen molar-refractivity contribution in [2.75, 3.05) is 42.7 Å². The van der Waals surface area contributed by atoms with E-state index in [-0.39, 0.29) is 24.1 Å². The Bertz CT molecular complexity index is 1110. The Balaban J connectivity index is 1.54. The van der Waals surface area contributed by atoms with Gasteiger partial charge in [-0.25, -0.2) is 0 Å². The van der Waals surface area contributed by atoms with Crippen molar-refractivity contribution in [1.82, 2.24) is 19.7 Å². The molecule has 0 saturated carbocycles. The molecule has 2 amide bonds. The van der Waals surface area contributed by atoms with E-state index in [0.717, 1.165) is 30.0 Å². The molecule has 1 heterocycles. The van der Waals surface area contributed by atoms with Crippen LogP contribution in [0.15, 0.2) is 53.7 Å². The molecule has 3 rings (SSSR count). The summed E-state index contributed by atoms with van der Waals surface area (Å²) in [6.07, 6.45) is 0. The first kappa shape index (κ1) is 25.3. The van der Waals surface area contributed by atoms with Crippen LogP contribution < -0.4 is 10.2 Å². The van der Waals surface area contributed by atoms with Gasteiger partial charge in [-0.3, -0.25) is 9.59 Å². The molecule has 2 aromatic carbocycles. The summed E-state index contributed by atoms with van der Waals surface area (Å²) in [5.74, 6) is 0.518. The standard InChI is InChI=1S/C25H32N6O2S/c1-6-31(7-2)21-14-10-19(11-15-21)24-27-28-25(30(24)5)34-17-23(33)29(4)16-22(32)26-20-12-8-18(3)9-13-20/h8-15H,6-7,16-17H2,1-5H3,(H,26,32). The molecular formula is C25H32N6O2S. The lowest BCUT2D eigenvalue weighted by atomic mass is 10.2. The van der Waals surface area contributed by atoms with Crippen molar-refractivity contribution < 1.29 is 9.59 Å². The topological polar surface area (TPSA) is 83.4 Å². The predicted molar refractivity (Wildman–Crippen MR) is 138 cm³/mol. The average molecular weight is 481 g/mol. The highest BCUT2D eigenvalue weighted by Gasteiger charge is 2.17. The van der Waals surface area contributed by atoms with Gasteiger partial charge in [0.15, 0.2) is 11.0 Å². The largest absolute Gasteiger partial charge is 0.372 e. The predicted octanol–water partition coefficient (Wildman–Crippen LogP) is 3.83. The van der Waals surface area contributed by atoms with Crippen LogP contribution in [0, 0.1) is 6.92 Å².